The summed E-state index contributed by atoms with van der Waals surface area (Å²) >= 11 is 0. The standard InChI is InChI=1S/C17H24N4O2/c1-5-16-18-17(23-19-16)10-20(4)9-15(22)14-8-11(2)21(12(14)3)13-6-7-13/h8,13H,5-7,9-10H2,1-4H3. The van der Waals surface area contributed by atoms with Gasteiger partial charge in [0.2, 0.25) is 5.89 Å². The predicted molar refractivity (Wildman–Crippen MR) is 86.5 cm³/mol. The fraction of sp³-hybridized carbons (Fsp3) is 0.588. The molecule has 2 aromatic rings. The molecule has 6 heteroatoms. The number of rotatable bonds is 7. The van der Waals surface area contributed by atoms with Crippen molar-refractivity contribution in [3.8, 4) is 0 Å². The third-order valence-corrected chi connectivity index (χ3v) is 4.34. The first-order chi connectivity index (χ1) is 11.0. The van der Waals surface area contributed by atoms with Crippen molar-refractivity contribution >= 4 is 5.78 Å². The minimum absolute atomic E-state index is 0.141. The molecule has 0 spiro atoms. The van der Waals surface area contributed by atoms with E-state index in [1.54, 1.807) is 0 Å². The van der Waals surface area contributed by atoms with Crippen LogP contribution >= 0.6 is 0 Å². The Morgan fingerprint density at radius 1 is 1.43 bits per heavy atom. The van der Waals surface area contributed by atoms with Gasteiger partial charge in [-0.25, -0.2) is 0 Å². The van der Waals surface area contributed by atoms with Crippen molar-refractivity contribution in [3.05, 3.63) is 34.7 Å². The molecule has 1 aliphatic carbocycles. The minimum atomic E-state index is 0.141. The van der Waals surface area contributed by atoms with Gasteiger partial charge in [-0.2, -0.15) is 4.98 Å². The maximum atomic E-state index is 12.6. The van der Waals surface area contributed by atoms with Gasteiger partial charge in [-0.15, -0.1) is 0 Å². The summed E-state index contributed by atoms with van der Waals surface area (Å²) in [5.74, 6) is 1.40. The molecule has 0 unspecified atom stereocenters. The fourth-order valence-electron chi connectivity index (χ4n) is 3.07. The second-order valence-corrected chi connectivity index (χ2v) is 6.44. The molecule has 1 saturated carbocycles. The van der Waals surface area contributed by atoms with Crippen LogP contribution in [0, 0.1) is 13.8 Å². The van der Waals surface area contributed by atoms with Crippen molar-refractivity contribution in [2.24, 2.45) is 0 Å². The van der Waals surface area contributed by atoms with Gasteiger partial charge in [-0.1, -0.05) is 12.1 Å². The molecule has 1 fully saturated rings. The Kier molecular flexibility index (Phi) is 4.35. The minimum Gasteiger partial charge on any atom is -0.345 e. The third-order valence-electron chi connectivity index (χ3n) is 4.34. The highest BCUT2D eigenvalue weighted by Gasteiger charge is 2.28. The molecule has 2 aromatic heterocycles. The third kappa shape index (κ3) is 3.37. The summed E-state index contributed by atoms with van der Waals surface area (Å²) in [5.41, 5.74) is 3.11. The average Bonchev–Trinajstić information content (AvgIpc) is 3.15. The number of carbonyl (C=O) groups excluding carboxylic acids is 1. The highest BCUT2D eigenvalue weighted by molar-refractivity contribution is 5.99. The van der Waals surface area contributed by atoms with E-state index in [2.05, 4.69) is 21.6 Å². The van der Waals surface area contributed by atoms with Crippen molar-refractivity contribution in [2.45, 2.75) is 52.6 Å². The second kappa shape index (κ2) is 6.28. The highest BCUT2D eigenvalue weighted by Crippen LogP contribution is 2.38. The number of hydrogen-bond donors (Lipinski definition) is 0. The smallest absolute Gasteiger partial charge is 0.240 e. The first-order valence-electron chi connectivity index (χ1n) is 8.21. The number of aryl methyl sites for hydroxylation is 2. The van der Waals surface area contributed by atoms with E-state index in [0.717, 1.165) is 17.7 Å². The Bertz CT molecular complexity index is 712. The fourth-order valence-corrected chi connectivity index (χ4v) is 3.07. The van der Waals surface area contributed by atoms with E-state index in [-0.39, 0.29) is 5.78 Å². The maximum Gasteiger partial charge on any atom is 0.240 e. The largest absolute Gasteiger partial charge is 0.345 e. The molecule has 2 heterocycles. The van der Waals surface area contributed by atoms with Crippen molar-refractivity contribution in [1.29, 1.82) is 0 Å². The van der Waals surface area contributed by atoms with Crippen LogP contribution in [-0.4, -0.2) is 39.0 Å². The number of carbonyl (C=O) groups is 1. The zero-order chi connectivity index (χ0) is 16.6. The Balaban J connectivity index is 1.65. The van der Waals surface area contributed by atoms with Crippen LogP contribution < -0.4 is 0 Å². The number of ketones is 1. The van der Waals surface area contributed by atoms with Crippen molar-refractivity contribution in [1.82, 2.24) is 19.6 Å². The normalized spacial score (nSPS) is 14.7. The van der Waals surface area contributed by atoms with Crippen molar-refractivity contribution in [3.63, 3.8) is 0 Å². The maximum absolute atomic E-state index is 12.6. The molecule has 1 aliphatic rings. The summed E-state index contributed by atoms with van der Waals surface area (Å²) < 4.78 is 7.49. The molecule has 23 heavy (non-hydrogen) atoms. The number of Topliss-reactive ketones (excluding diaryl/α,β-unsaturated/α-hetero) is 1. The average molecular weight is 316 g/mol. The summed E-state index contributed by atoms with van der Waals surface area (Å²) in [6.07, 6.45) is 3.20. The number of nitrogens with zero attached hydrogens (tertiary/aromatic N) is 4. The van der Waals surface area contributed by atoms with Gasteiger partial charge in [0.05, 0.1) is 13.1 Å². The number of aromatic nitrogens is 3. The van der Waals surface area contributed by atoms with Gasteiger partial charge in [0, 0.05) is 29.4 Å². The van der Waals surface area contributed by atoms with Crippen LogP contribution in [0.3, 0.4) is 0 Å². The van der Waals surface area contributed by atoms with Crippen LogP contribution in [0.1, 0.15) is 59.3 Å². The summed E-state index contributed by atoms with van der Waals surface area (Å²) in [6.45, 7) is 6.94. The molecule has 6 nitrogen and oxygen atoms in total. The Morgan fingerprint density at radius 2 is 2.17 bits per heavy atom. The van der Waals surface area contributed by atoms with E-state index >= 15 is 0 Å². The molecule has 0 amide bonds. The zero-order valence-electron chi connectivity index (χ0n) is 14.3. The van der Waals surface area contributed by atoms with E-state index in [1.165, 1.54) is 18.5 Å². The number of hydrogen-bond acceptors (Lipinski definition) is 5. The first kappa shape index (κ1) is 15.9. The van der Waals surface area contributed by atoms with Crippen LogP contribution in [0.5, 0.6) is 0 Å². The molecular weight excluding hydrogens is 292 g/mol. The van der Waals surface area contributed by atoms with E-state index < -0.39 is 0 Å². The second-order valence-electron chi connectivity index (χ2n) is 6.44. The molecule has 0 saturated heterocycles. The first-order valence-corrected chi connectivity index (χ1v) is 8.21. The van der Waals surface area contributed by atoms with Crippen LogP contribution in [0.25, 0.3) is 0 Å². The van der Waals surface area contributed by atoms with Crippen molar-refractivity contribution in [2.75, 3.05) is 13.6 Å². The summed E-state index contributed by atoms with van der Waals surface area (Å²) in [7, 11) is 1.90. The van der Waals surface area contributed by atoms with Gasteiger partial charge in [0.15, 0.2) is 11.6 Å². The van der Waals surface area contributed by atoms with Gasteiger partial charge >= 0.3 is 0 Å². The summed E-state index contributed by atoms with van der Waals surface area (Å²) in [6, 6.07) is 2.62. The topological polar surface area (TPSA) is 64.2 Å². The lowest BCUT2D eigenvalue weighted by Crippen LogP contribution is -2.26. The lowest BCUT2D eigenvalue weighted by molar-refractivity contribution is 0.0936. The van der Waals surface area contributed by atoms with Crippen LogP contribution in [-0.2, 0) is 13.0 Å². The zero-order valence-corrected chi connectivity index (χ0v) is 14.3. The summed E-state index contributed by atoms with van der Waals surface area (Å²) in [5, 5.41) is 3.88. The van der Waals surface area contributed by atoms with E-state index in [9.17, 15) is 4.79 Å². The lowest BCUT2D eigenvalue weighted by atomic mass is 10.1. The molecule has 124 valence electrons. The van der Waals surface area contributed by atoms with Crippen LogP contribution in [0.4, 0.5) is 0 Å². The van der Waals surface area contributed by atoms with Gasteiger partial charge in [-0.3, -0.25) is 9.69 Å². The van der Waals surface area contributed by atoms with Gasteiger partial charge < -0.3 is 9.09 Å². The number of likely N-dealkylation sites (N-methyl/N-ethyl adjacent to an activating group) is 1. The molecule has 0 radical (unpaired) electrons. The summed E-state index contributed by atoms with van der Waals surface area (Å²) in [4.78, 5) is 18.8. The molecule has 3 rings (SSSR count). The molecule has 0 aromatic carbocycles. The lowest BCUT2D eigenvalue weighted by Gasteiger charge is -2.13. The predicted octanol–water partition coefficient (Wildman–Crippen LogP) is 2.70. The molecule has 0 bridgehead atoms. The molecule has 0 aliphatic heterocycles. The van der Waals surface area contributed by atoms with Gasteiger partial charge in [-0.05, 0) is 39.8 Å². The van der Waals surface area contributed by atoms with E-state index in [4.69, 9.17) is 4.52 Å². The molecular formula is C17H24N4O2. The van der Waals surface area contributed by atoms with E-state index in [0.29, 0.717) is 30.8 Å². The highest BCUT2D eigenvalue weighted by atomic mass is 16.5. The Labute approximate surface area is 136 Å². The van der Waals surface area contributed by atoms with Crippen LogP contribution in [0.15, 0.2) is 10.6 Å². The quantitative estimate of drug-likeness (QED) is 0.735. The van der Waals surface area contributed by atoms with Gasteiger partial charge in [0.1, 0.15) is 0 Å². The van der Waals surface area contributed by atoms with E-state index in [1.807, 2.05) is 31.9 Å². The molecule has 0 N–H and O–H groups in total. The van der Waals surface area contributed by atoms with Gasteiger partial charge in [0.25, 0.3) is 0 Å². The Hall–Kier alpha value is -1.95. The monoisotopic (exact) mass is 316 g/mol. The Morgan fingerprint density at radius 3 is 2.78 bits per heavy atom. The molecule has 0 atom stereocenters. The SMILES string of the molecule is CCc1noc(CN(C)CC(=O)c2cc(C)n(C3CC3)c2C)n1. The van der Waals surface area contributed by atoms with Crippen molar-refractivity contribution < 1.29 is 9.32 Å². The van der Waals surface area contributed by atoms with Crippen LogP contribution in [0.2, 0.25) is 0 Å².